The van der Waals surface area contributed by atoms with E-state index in [1.807, 2.05) is 6.07 Å². The van der Waals surface area contributed by atoms with E-state index in [1.165, 1.54) is 31.0 Å². The van der Waals surface area contributed by atoms with E-state index in [1.54, 1.807) is 91.9 Å². The molecule has 41 heavy (non-hydrogen) atoms. The van der Waals surface area contributed by atoms with Crippen LogP contribution in [0.2, 0.25) is 0 Å². The number of hydrogen-bond acceptors (Lipinski definition) is 6. The van der Waals surface area contributed by atoms with Gasteiger partial charge in [-0.2, -0.15) is 0 Å². The number of carbonyl (C=O) groups excluding carboxylic acids is 4. The van der Waals surface area contributed by atoms with Crippen LogP contribution in [0.4, 0.5) is 17.1 Å². The second-order valence-electron chi connectivity index (χ2n) is 8.88. The molecule has 3 aromatic carbocycles. The molecule has 10 heteroatoms. The van der Waals surface area contributed by atoms with Crippen molar-refractivity contribution < 1.29 is 23.6 Å². The Hall–Kier alpha value is -5.09. The Kier molecular flexibility index (Phi) is 9.74. The topological polar surface area (TPSA) is 130 Å². The van der Waals surface area contributed by atoms with E-state index in [4.69, 9.17) is 4.42 Å². The summed E-state index contributed by atoms with van der Waals surface area (Å²) < 4.78 is 5.33. The number of thioether (sulfide) groups is 1. The zero-order valence-corrected chi connectivity index (χ0v) is 23.2. The minimum atomic E-state index is -0.540. The number of anilines is 3. The summed E-state index contributed by atoms with van der Waals surface area (Å²) in [5.41, 5.74) is 2.13. The monoisotopic (exact) mass is 568 g/mol. The molecule has 1 heterocycles. The second kappa shape index (κ2) is 13.8. The van der Waals surface area contributed by atoms with Crippen molar-refractivity contribution in [2.24, 2.45) is 0 Å². The molecule has 208 valence electrons. The minimum Gasteiger partial charge on any atom is -0.465 e. The Labute approximate surface area is 241 Å². The predicted molar refractivity (Wildman–Crippen MR) is 160 cm³/mol. The number of furan rings is 1. The first-order valence-electron chi connectivity index (χ1n) is 12.6. The first-order valence-corrected chi connectivity index (χ1v) is 13.5. The molecular formula is C31H28N4O5S. The lowest BCUT2D eigenvalue weighted by atomic mass is 10.2. The fourth-order valence-electron chi connectivity index (χ4n) is 3.65. The van der Waals surface area contributed by atoms with Crippen molar-refractivity contribution >= 4 is 58.5 Å². The van der Waals surface area contributed by atoms with Crippen molar-refractivity contribution in [3.63, 3.8) is 0 Å². The molecule has 9 nitrogen and oxygen atoms in total. The SMILES string of the molecule is CC(=O)Nc1ccc(NC(=O)C(C)Sc2cccc(NC(=O)/C(=C/c3ccco3)NC(=O)c3ccccc3)c2)cc1. The summed E-state index contributed by atoms with van der Waals surface area (Å²) in [5.74, 6) is -0.956. The Balaban J connectivity index is 1.40. The number of hydrogen-bond donors (Lipinski definition) is 4. The molecule has 0 spiro atoms. The third-order valence-corrected chi connectivity index (χ3v) is 6.70. The highest BCUT2D eigenvalue weighted by atomic mass is 32.2. The summed E-state index contributed by atoms with van der Waals surface area (Å²) >= 11 is 1.32. The lowest BCUT2D eigenvalue weighted by Gasteiger charge is -2.14. The van der Waals surface area contributed by atoms with E-state index < -0.39 is 17.1 Å². The van der Waals surface area contributed by atoms with Crippen molar-refractivity contribution in [3.8, 4) is 0 Å². The summed E-state index contributed by atoms with van der Waals surface area (Å²) in [6.45, 7) is 3.20. The van der Waals surface area contributed by atoms with Crippen LogP contribution in [0.15, 0.2) is 112 Å². The van der Waals surface area contributed by atoms with Gasteiger partial charge in [-0.05, 0) is 73.7 Å². The molecule has 4 aromatic rings. The van der Waals surface area contributed by atoms with E-state index in [0.29, 0.717) is 28.4 Å². The predicted octanol–water partition coefficient (Wildman–Crippen LogP) is 5.77. The fraction of sp³-hybridized carbons (Fsp3) is 0.0968. The van der Waals surface area contributed by atoms with Gasteiger partial charge in [-0.1, -0.05) is 24.3 Å². The summed E-state index contributed by atoms with van der Waals surface area (Å²) in [5, 5.41) is 10.6. The van der Waals surface area contributed by atoms with E-state index in [2.05, 4.69) is 21.3 Å². The number of benzene rings is 3. The van der Waals surface area contributed by atoms with Crippen molar-refractivity contribution in [2.75, 3.05) is 16.0 Å². The Morgan fingerprint density at radius 1 is 0.780 bits per heavy atom. The van der Waals surface area contributed by atoms with Crippen LogP contribution in [-0.2, 0) is 14.4 Å². The minimum absolute atomic E-state index is 0.00382. The quantitative estimate of drug-likeness (QED) is 0.142. The number of rotatable bonds is 10. The molecule has 4 N–H and O–H groups in total. The van der Waals surface area contributed by atoms with Gasteiger partial charge in [0.15, 0.2) is 0 Å². The zero-order valence-electron chi connectivity index (χ0n) is 22.3. The van der Waals surface area contributed by atoms with Gasteiger partial charge >= 0.3 is 0 Å². The fourth-order valence-corrected chi connectivity index (χ4v) is 4.57. The Bertz CT molecular complexity index is 1550. The maximum atomic E-state index is 13.2. The van der Waals surface area contributed by atoms with Crippen molar-refractivity contribution in [2.45, 2.75) is 24.0 Å². The van der Waals surface area contributed by atoms with Crippen LogP contribution in [-0.4, -0.2) is 28.9 Å². The standard InChI is InChI=1S/C31H28N4O5S/c1-20(29(37)33-24-15-13-23(14-16-24)32-21(2)36)41-27-12-6-10-25(18-27)34-31(39)28(19-26-11-7-17-40-26)35-30(38)22-8-4-3-5-9-22/h3-20H,1-2H3,(H,32,36)(H,33,37)(H,34,39)(H,35,38)/b28-19-. The van der Waals surface area contributed by atoms with Gasteiger partial charge in [0.05, 0.1) is 11.5 Å². The van der Waals surface area contributed by atoms with Gasteiger partial charge in [0.25, 0.3) is 11.8 Å². The molecule has 0 fully saturated rings. The second-order valence-corrected chi connectivity index (χ2v) is 10.3. The zero-order chi connectivity index (χ0) is 29.2. The van der Waals surface area contributed by atoms with Crippen LogP contribution in [0.3, 0.4) is 0 Å². The van der Waals surface area contributed by atoms with Gasteiger partial charge in [-0.25, -0.2) is 0 Å². The van der Waals surface area contributed by atoms with Gasteiger partial charge in [0.2, 0.25) is 11.8 Å². The van der Waals surface area contributed by atoms with E-state index >= 15 is 0 Å². The molecule has 0 bridgehead atoms. The average molecular weight is 569 g/mol. The molecule has 0 aliphatic heterocycles. The molecule has 1 atom stereocenters. The summed E-state index contributed by atoms with van der Waals surface area (Å²) in [7, 11) is 0. The molecule has 0 saturated carbocycles. The van der Waals surface area contributed by atoms with Gasteiger partial charge in [0.1, 0.15) is 11.5 Å². The maximum absolute atomic E-state index is 13.2. The summed E-state index contributed by atoms with van der Waals surface area (Å²) in [6.07, 6.45) is 2.92. The van der Waals surface area contributed by atoms with Crippen LogP contribution >= 0.6 is 11.8 Å². The van der Waals surface area contributed by atoms with E-state index in [9.17, 15) is 19.2 Å². The van der Waals surface area contributed by atoms with Crippen molar-refractivity contribution in [1.29, 1.82) is 0 Å². The smallest absolute Gasteiger partial charge is 0.272 e. The first-order chi connectivity index (χ1) is 19.8. The molecule has 1 unspecified atom stereocenters. The highest BCUT2D eigenvalue weighted by molar-refractivity contribution is 8.00. The van der Waals surface area contributed by atoms with Crippen molar-refractivity contribution in [1.82, 2.24) is 5.32 Å². The van der Waals surface area contributed by atoms with Gasteiger partial charge in [0, 0.05) is 40.5 Å². The van der Waals surface area contributed by atoms with Crippen LogP contribution in [0.5, 0.6) is 0 Å². The largest absolute Gasteiger partial charge is 0.465 e. The molecule has 4 amide bonds. The van der Waals surface area contributed by atoms with E-state index in [-0.39, 0.29) is 17.5 Å². The molecular weight excluding hydrogens is 540 g/mol. The van der Waals surface area contributed by atoms with E-state index in [0.717, 1.165) is 4.90 Å². The number of nitrogens with one attached hydrogen (secondary N) is 4. The van der Waals surface area contributed by atoms with Crippen LogP contribution < -0.4 is 21.3 Å². The van der Waals surface area contributed by atoms with Crippen molar-refractivity contribution in [3.05, 3.63) is 114 Å². The highest BCUT2D eigenvalue weighted by Crippen LogP contribution is 2.27. The molecule has 0 aliphatic carbocycles. The average Bonchev–Trinajstić information content (AvgIpc) is 3.47. The third kappa shape index (κ3) is 8.70. The molecule has 0 saturated heterocycles. The van der Waals surface area contributed by atoms with Gasteiger partial charge in [-0.3, -0.25) is 19.2 Å². The molecule has 1 aromatic heterocycles. The van der Waals surface area contributed by atoms with Crippen LogP contribution in [0.25, 0.3) is 6.08 Å². The molecule has 0 aliphatic rings. The summed E-state index contributed by atoms with van der Waals surface area (Å²) in [4.78, 5) is 50.7. The number of carbonyl (C=O) groups is 4. The lowest BCUT2D eigenvalue weighted by molar-refractivity contribution is -0.115. The highest BCUT2D eigenvalue weighted by Gasteiger charge is 2.18. The normalized spacial score (nSPS) is 11.7. The summed E-state index contributed by atoms with van der Waals surface area (Å²) in [6, 6.07) is 25.8. The van der Waals surface area contributed by atoms with Crippen LogP contribution in [0, 0.1) is 0 Å². The first kappa shape index (κ1) is 28.9. The number of amides is 4. The maximum Gasteiger partial charge on any atom is 0.272 e. The van der Waals surface area contributed by atoms with Crippen LogP contribution in [0.1, 0.15) is 30.0 Å². The lowest BCUT2D eigenvalue weighted by Crippen LogP contribution is -2.30. The third-order valence-electron chi connectivity index (χ3n) is 5.61. The van der Waals surface area contributed by atoms with Gasteiger partial charge in [-0.15, -0.1) is 11.8 Å². The Morgan fingerprint density at radius 3 is 2.15 bits per heavy atom. The van der Waals surface area contributed by atoms with Gasteiger partial charge < -0.3 is 25.7 Å². The Morgan fingerprint density at radius 2 is 1.49 bits per heavy atom. The molecule has 4 rings (SSSR count). The molecule has 0 radical (unpaired) electrons.